The predicted molar refractivity (Wildman–Crippen MR) is 144 cm³/mol. The van der Waals surface area contributed by atoms with E-state index in [0.717, 1.165) is 11.1 Å². The average molecular weight is 517 g/mol. The van der Waals surface area contributed by atoms with Gasteiger partial charge < -0.3 is 19.8 Å². The number of hydrogen-bond donors (Lipinski definition) is 2. The molecule has 0 unspecified atom stereocenters. The Hall–Kier alpha value is -3.78. The molecule has 0 spiro atoms. The number of hydrogen-bond acceptors (Lipinski definition) is 6. The van der Waals surface area contributed by atoms with Gasteiger partial charge in [0.1, 0.15) is 28.9 Å². The van der Waals surface area contributed by atoms with Crippen LogP contribution >= 0.6 is 0 Å². The molecule has 3 aromatic rings. The van der Waals surface area contributed by atoms with Gasteiger partial charge in [-0.1, -0.05) is 68.0 Å². The van der Waals surface area contributed by atoms with Gasteiger partial charge in [-0.15, -0.1) is 0 Å². The summed E-state index contributed by atoms with van der Waals surface area (Å²) >= 11 is 0. The molecule has 2 aliphatic heterocycles. The lowest BCUT2D eigenvalue weighted by Gasteiger charge is -2.32. The van der Waals surface area contributed by atoms with E-state index in [2.05, 4.69) is 17.1 Å². The molecule has 2 aromatic carbocycles. The number of aliphatic hydroxyl groups excluding tert-OH is 1. The highest BCUT2D eigenvalue weighted by Crippen LogP contribution is 2.38. The lowest BCUT2D eigenvalue weighted by Crippen LogP contribution is -2.50. The monoisotopic (exact) mass is 516 g/mol. The molecule has 38 heavy (non-hydrogen) atoms. The van der Waals surface area contributed by atoms with Gasteiger partial charge in [0.05, 0.1) is 23.5 Å². The van der Waals surface area contributed by atoms with Crippen molar-refractivity contribution in [2.75, 3.05) is 6.54 Å². The van der Waals surface area contributed by atoms with E-state index in [-0.39, 0.29) is 24.2 Å². The molecular formula is C30H33FN4O3. The first kappa shape index (κ1) is 25.9. The zero-order valence-electron chi connectivity index (χ0n) is 22.1. The topological polar surface area (TPSA) is 91.0 Å². The van der Waals surface area contributed by atoms with Crippen LogP contribution in [0.15, 0.2) is 76.4 Å². The van der Waals surface area contributed by atoms with Gasteiger partial charge in [0.2, 0.25) is 5.91 Å². The highest BCUT2D eigenvalue weighted by Gasteiger charge is 2.46. The van der Waals surface area contributed by atoms with Gasteiger partial charge in [-0.05, 0) is 37.0 Å². The second-order valence-corrected chi connectivity index (χ2v) is 10.7. The van der Waals surface area contributed by atoms with Gasteiger partial charge in [-0.3, -0.25) is 4.79 Å². The van der Waals surface area contributed by atoms with Crippen molar-refractivity contribution >= 4 is 11.7 Å². The number of aliphatic hydroxyl groups is 1. The van der Waals surface area contributed by atoms with Crippen molar-refractivity contribution in [1.29, 1.82) is 0 Å². The molecule has 2 N–H and O–H groups in total. The molecule has 0 bridgehead atoms. The number of benzene rings is 2. The van der Waals surface area contributed by atoms with Crippen molar-refractivity contribution in [2.45, 2.75) is 57.7 Å². The van der Waals surface area contributed by atoms with Crippen molar-refractivity contribution in [3.8, 4) is 11.1 Å². The molecule has 8 heteroatoms. The summed E-state index contributed by atoms with van der Waals surface area (Å²) in [5, 5.41) is 18.1. The first-order valence-corrected chi connectivity index (χ1v) is 12.9. The largest absolute Gasteiger partial charge is 0.391 e. The van der Waals surface area contributed by atoms with Crippen molar-refractivity contribution in [1.82, 2.24) is 15.4 Å². The first-order valence-electron chi connectivity index (χ1n) is 12.9. The number of nitrogens with zero attached hydrogens (tertiary/aromatic N) is 3. The number of β-amino-alcohol motifs (C(OH)–C–C–N with tert-alkyl or cyclic N) is 1. The Balaban J connectivity index is 1.39. The van der Waals surface area contributed by atoms with E-state index in [9.17, 15) is 14.3 Å². The second kappa shape index (κ2) is 9.83. The zero-order valence-corrected chi connectivity index (χ0v) is 22.1. The van der Waals surface area contributed by atoms with E-state index >= 15 is 0 Å². The fourth-order valence-electron chi connectivity index (χ4n) is 5.45. The number of carbonyl (C=O) groups excluding carboxylic acids is 1. The van der Waals surface area contributed by atoms with Crippen LogP contribution < -0.4 is 5.32 Å². The standard InChI is InChI=1S/C30H33FN4O3/c1-17(2)27(26-14-18(3)34-38-26)29(37)35-16-22(36)15-25(35)28-32-19(4)30(5,33-28)21-12-10-20(11-13-21)23-8-6-7-9-24(23)31/h6-14,17,22,25,27,36H,4,15-16H2,1-3,5H3,(H,32,33)/t22-,25+,27-,30-/m1/s1. The summed E-state index contributed by atoms with van der Waals surface area (Å²) < 4.78 is 19.8. The fraction of sp³-hybridized carbons (Fsp3) is 0.367. The number of likely N-dealkylation sites (tertiary alicyclic amines) is 1. The van der Waals surface area contributed by atoms with Crippen LogP contribution in [0.2, 0.25) is 0 Å². The van der Waals surface area contributed by atoms with E-state index in [4.69, 9.17) is 9.52 Å². The number of halogens is 1. The number of aromatic nitrogens is 1. The summed E-state index contributed by atoms with van der Waals surface area (Å²) in [5.74, 6) is 0.164. The molecule has 198 valence electrons. The van der Waals surface area contributed by atoms with Crippen LogP contribution in [0, 0.1) is 18.7 Å². The van der Waals surface area contributed by atoms with Crippen molar-refractivity contribution in [3.05, 3.63) is 89.7 Å². The number of carbonyl (C=O) groups is 1. The highest BCUT2D eigenvalue weighted by molar-refractivity contribution is 5.96. The SMILES string of the molecule is C=C1N=C([C@@H]2C[C@@H](O)CN2C(=O)[C@@H](c2cc(C)no2)C(C)C)N[C@@]1(C)c1ccc(-c2ccccc2F)cc1. The molecule has 2 aliphatic rings. The van der Waals surface area contributed by atoms with Gasteiger partial charge in [0, 0.05) is 24.6 Å². The van der Waals surface area contributed by atoms with Crippen LogP contribution in [0.3, 0.4) is 0 Å². The average Bonchev–Trinajstić information content (AvgIpc) is 3.57. The van der Waals surface area contributed by atoms with Gasteiger partial charge in [-0.25, -0.2) is 9.38 Å². The number of amidine groups is 1. The number of aliphatic imine (C=N–C) groups is 1. The molecule has 3 heterocycles. The van der Waals surface area contributed by atoms with E-state index in [1.807, 2.05) is 58.0 Å². The predicted octanol–water partition coefficient (Wildman–Crippen LogP) is 4.92. The van der Waals surface area contributed by atoms with E-state index in [1.54, 1.807) is 23.1 Å². The van der Waals surface area contributed by atoms with Crippen LogP contribution in [0.25, 0.3) is 11.1 Å². The van der Waals surface area contributed by atoms with E-state index in [0.29, 0.717) is 35.0 Å². The van der Waals surface area contributed by atoms with Gasteiger partial charge in [0.25, 0.3) is 0 Å². The molecule has 1 saturated heterocycles. The highest BCUT2D eigenvalue weighted by atomic mass is 19.1. The number of rotatable bonds is 6. The third kappa shape index (κ3) is 4.53. The summed E-state index contributed by atoms with van der Waals surface area (Å²) in [6.45, 7) is 12.2. The Kier molecular flexibility index (Phi) is 6.69. The Labute approximate surface area is 222 Å². The van der Waals surface area contributed by atoms with Crippen molar-refractivity contribution in [2.24, 2.45) is 10.9 Å². The Bertz CT molecular complexity index is 1400. The Morgan fingerprint density at radius 3 is 2.58 bits per heavy atom. The molecule has 7 nitrogen and oxygen atoms in total. The molecule has 5 rings (SSSR count). The molecule has 0 radical (unpaired) electrons. The third-order valence-electron chi connectivity index (χ3n) is 7.62. The zero-order chi connectivity index (χ0) is 27.2. The van der Waals surface area contributed by atoms with Crippen LogP contribution in [-0.4, -0.2) is 45.6 Å². The second-order valence-electron chi connectivity index (χ2n) is 10.7. The minimum atomic E-state index is -0.717. The van der Waals surface area contributed by atoms with E-state index < -0.39 is 23.6 Å². The molecule has 0 aliphatic carbocycles. The Morgan fingerprint density at radius 1 is 1.24 bits per heavy atom. The van der Waals surface area contributed by atoms with Gasteiger partial charge in [-0.2, -0.15) is 0 Å². The number of nitrogens with one attached hydrogen (secondary N) is 1. The van der Waals surface area contributed by atoms with Gasteiger partial charge >= 0.3 is 0 Å². The lowest BCUT2D eigenvalue weighted by molar-refractivity contribution is -0.134. The summed E-state index contributed by atoms with van der Waals surface area (Å²) in [5.41, 5.74) is 2.83. The minimum absolute atomic E-state index is 0.0279. The van der Waals surface area contributed by atoms with Crippen molar-refractivity contribution in [3.63, 3.8) is 0 Å². The van der Waals surface area contributed by atoms with Crippen molar-refractivity contribution < 1.29 is 18.8 Å². The van der Waals surface area contributed by atoms with E-state index in [1.165, 1.54) is 6.07 Å². The summed E-state index contributed by atoms with van der Waals surface area (Å²) in [4.78, 5) is 20.3. The number of aryl methyl sites for hydroxylation is 1. The molecular weight excluding hydrogens is 483 g/mol. The molecule has 1 fully saturated rings. The molecule has 1 aromatic heterocycles. The number of amides is 1. The molecule has 0 saturated carbocycles. The summed E-state index contributed by atoms with van der Waals surface area (Å²) in [6.07, 6.45) is -0.300. The quantitative estimate of drug-likeness (QED) is 0.485. The summed E-state index contributed by atoms with van der Waals surface area (Å²) in [6, 6.07) is 15.7. The molecule has 1 amide bonds. The summed E-state index contributed by atoms with van der Waals surface area (Å²) in [7, 11) is 0. The fourth-order valence-corrected chi connectivity index (χ4v) is 5.45. The minimum Gasteiger partial charge on any atom is -0.391 e. The Morgan fingerprint density at radius 2 is 1.95 bits per heavy atom. The van der Waals surface area contributed by atoms with Crippen LogP contribution in [0.5, 0.6) is 0 Å². The lowest BCUT2D eigenvalue weighted by atomic mass is 9.88. The smallest absolute Gasteiger partial charge is 0.234 e. The molecule has 4 atom stereocenters. The van der Waals surface area contributed by atoms with Gasteiger partial charge in [0.15, 0.2) is 0 Å². The normalized spacial score (nSPS) is 24.0. The van der Waals surface area contributed by atoms with Crippen LogP contribution in [-0.2, 0) is 10.3 Å². The van der Waals surface area contributed by atoms with Crippen LogP contribution in [0.4, 0.5) is 4.39 Å². The maximum atomic E-state index is 14.3. The third-order valence-corrected chi connectivity index (χ3v) is 7.62. The van der Waals surface area contributed by atoms with Crippen LogP contribution in [0.1, 0.15) is 50.1 Å². The first-order chi connectivity index (χ1) is 18.1. The maximum Gasteiger partial charge on any atom is 0.234 e. The maximum absolute atomic E-state index is 14.3.